The molecule has 0 aliphatic heterocycles. The Morgan fingerprint density at radius 3 is 1.68 bits per heavy atom. The second-order valence-electron chi connectivity index (χ2n) is 9.50. The molecule has 3 unspecified atom stereocenters. The highest BCUT2D eigenvalue weighted by Gasteiger charge is 2.44. The molecule has 0 bridgehead atoms. The number of hydrogen-bond acceptors (Lipinski definition) is 1. The van der Waals surface area contributed by atoms with E-state index in [4.69, 9.17) is 0 Å². The van der Waals surface area contributed by atoms with E-state index in [9.17, 15) is 5.11 Å². The van der Waals surface area contributed by atoms with Gasteiger partial charge in [-0.1, -0.05) is 74.0 Å². The Morgan fingerprint density at radius 1 is 0.895 bits per heavy atom. The van der Waals surface area contributed by atoms with Gasteiger partial charge in [-0.05, 0) is 28.6 Å². The third-order valence-corrected chi connectivity index (χ3v) is 4.68. The number of aliphatic hydroxyl groups excluding tert-OH is 1. The maximum absolute atomic E-state index is 10.8. The Balaban J connectivity index is 3.24. The summed E-state index contributed by atoms with van der Waals surface area (Å²) in [5, 5.41) is 10.8. The molecule has 1 rings (SSSR count). The van der Waals surface area contributed by atoms with Gasteiger partial charge in [-0.2, -0.15) is 0 Å². The van der Waals surface area contributed by atoms with E-state index >= 15 is 0 Å². The molecular formula is C18H34O. The van der Waals surface area contributed by atoms with Crippen LogP contribution >= 0.6 is 0 Å². The maximum Gasteiger partial charge on any atom is 0.0644 e. The largest absolute Gasteiger partial charge is 0.392 e. The summed E-state index contributed by atoms with van der Waals surface area (Å²) in [6.45, 7) is 20.3. The quantitative estimate of drug-likeness (QED) is 0.608. The van der Waals surface area contributed by atoms with E-state index in [0.29, 0.717) is 5.92 Å². The third-order valence-electron chi connectivity index (χ3n) is 4.68. The Morgan fingerprint density at radius 2 is 1.37 bits per heavy atom. The second kappa shape index (κ2) is 4.91. The Bertz CT molecular complexity index is 343. The highest BCUT2D eigenvalue weighted by Crippen LogP contribution is 2.48. The van der Waals surface area contributed by atoms with E-state index in [1.807, 2.05) is 0 Å². The van der Waals surface area contributed by atoms with Gasteiger partial charge < -0.3 is 5.11 Å². The molecule has 3 atom stereocenters. The molecule has 0 heterocycles. The van der Waals surface area contributed by atoms with Crippen LogP contribution in [0.15, 0.2) is 11.6 Å². The fourth-order valence-electron chi connectivity index (χ4n) is 3.13. The normalized spacial score (nSPS) is 30.2. The second-order valence-corrected chi connectivity index (χ2v) is 9.50. The first-order valence-electron chi connectivity index (χ1n) is 7.64. The molecule has 1 N–H and O–H groups in total. The number of aliphatic hydroxyl groups is 1. The van der Waals surface area contributed by atoms with Gasteiger partial charge in [0.2, 0.25) is 0 Å². The maximum atomic E-state index is 10.8. The summed E-state index contributed by atoms with van der Waals surface area (Å²) in [5.41, 5.74) is 1.97. The van der Waals surface area contributed by atoms with E-state index in [0.717, 1.165) is 6.42 Å². The predicted molar refractivity (Wildman–Crippen MR) is 84.1 cm³/mol. The van der Waals surface area contributed by atoms with Crippen molar-refractivity contribution in [3.05, 3.63) is 11.6 Å². The van der Waals surface area contributed by atoms with Crippen molar-refractivity contribution in [2.24, 2.45) is 28.1 Å². The molecule has 0 aromatic heterocycles. The molecule has 0 radical (unpaired) electrons. The van der Waals surface area contributed by atoms with Crippen LogP contribution in [0.25, 0.3) is 0 Å². The first kappa shape index (κ1) is 16.8. The molecule has 1 aliphatic rings. The molecule has 1 nitrogen and oxygen atoms in total. The highest BCUT2D eigenvalue weighted by molar-refractivity contribution is 5.21. The summed E-state index contributed by atoms with van der Waals surface area (Å²) in [4.78, 5) is 0. The Hall–Kier alpha value is -0.300. The molecular weight excluding hydrogens is 232 g/mol. The molecule has 0 saturated carbocycles. The van der Waals surface area contributed by atoms with E-state index in [2.05, 4.69) is 68.4 Å². The van der Waals surface area contributed by atoms with Crippen molar-refractivity contribution in [3.8, 4) is 0 Å². The first-order chi connectivity index (χ1) is 8.24. The third kappa shape index (κ3) is 3.84. The van der Waals surface area contributed by atoms with Crippen LogP contribution in [0.4, 0.5) is 0 Å². The topological polar surface area (TPSA) is 20.2 Å². The van der Waals surface area contributed by atoms with Crippen LogP contribution in [-0.2, 0) is 0 Å². The Labute approximate surface area is 120 Å². The van der Waals surface area contributed by atoms with E-state index < -0.39 is 0 Å². The summed E-state index contributed by atoms with van der Waals surface area (Å²) < 4.78 is 0. The summed E-state index contributed by atoms with van der Waals surface area (Å²) in [6.07, 6.45) is 3.17. The number of allylic oxidation sites excluding steroid dienone is 1. The van der Waals surface area contributed by atoms with E-state index in [-0.39, 0.29) is 28.3 Å². The molecule has 0 aromatic rings. The van der Waals surface area contributed by atoms with E-state index in [1.165, 1.54) is 5.57 Å². The van der Waals surface area contributed by atoms with Crippen LogP contribution in [0.2, 0.25) is 0 Å². The minimum absolute atomic E-state index is 0.111. The zero-order valence-electron chi connectivity index (χ0n) is 14.5. The van der Waals surface area contributed by atoms with Gasteiger partial charge in [0.1, 0.15) is 0 Å². The molecule has 1 heteroatoms. The minimum atomic E-state index is -0.230. The van der Waals surface area contributed by atoms with Crippen molar-refractivity contribution in [2.75, 3.05) is 0 Å². The fourth-order valence-corrected chi connectivity index (χ4v) is 3.13. The van der Waals surface area contributed by atoms with Gasteiger partial charge in [0.15, 0.2) is 0 Å². The molecule has 19 heavy (non-hydrogen) atoms. The molecule has 1 aliphatic carbocycles. The standard InChI is InChI=1S/C18H34O/c1-16(2,3)12-10-13(17(4,5)6)15(19)14(11-12)18(7,8)9/h10,13-15,19H,11H2,1-9H3. The monoisotopic (exact) mass is 266 g/mol. The van der Waals surface area contributed by atoms with Crippen molar-refractivity contribution < 1.29 is 5.11 Å². The lowest BCUT2D eigenvalue weighted by Crippen LogP contribution is -2.45. The lowest BCUT2D eigenvalue weighted by Gasteiger charge is -2.47. The van der Waals surface area contributed by atoms with Crippen molar-refractivity contribution in [1.29, 1.82) is 0 Å². The molecule has 112 valence electrons. The van der Waals surface area contributed by atoms with Gasteiger partial charge in [0, 0.05) is 5.92 Å². The van der Waals surface area contributed by atoms with Crippen LogP contribution in [0, 0.1) is 28.1 Å². The zero-order valence-corrected chi connectivity index (χ0v) is 14.5. The molecule has 0 saturated heterocycles. The summed E-state index contributed by atoms with van der Waals surface area (Å²) >= 11 is 0. The summed E-state index contributed by atoms with van der Waals surface area (Å²) in [7, 11) is 0. The smallest absolute Gasteiger partial charge is 0.0644 e. The van der Waals surface area contributed by atoms with E-state index in [1.54, 1.807) is 0 Å². The molecule has 0 spiro atoms. The van der Waals surface area contributed by atoms with Gasteiger partial charge in [-0.15, -0.1) is 0 Å². The van der Waals surface area contributed by atoms with Gasteiger partial charge >= 0.3 is 0 Å². The van der Waals surface area contributed by atoms with Gasteiger partial charge in [-0.3, -0.25) is 0 Å². The Kier molecular flexibility index (Phi) is 4.33. The lowest BCUT2D eigenvalue weighted by atomic mass is 9.60. The van der Waals surface area contributed by atoms with Gasteiger partial charge in [-0.25, -0.2) is 0 Å². The summed E-state index contributed by atoms with van der Waals surface area (Å²) in [5.74, 6) is 0.593. The van der Waals surface area contributed by atoms with Crippen molar-refractivity contribution in [1.82, 2.24) is 0 Å². The zero-order chi connectivity index (χ0) is 15.2. The van der Waals surface area contributed by atoms with Crippen LogP contribution in [0.5, 0.6) is 0 Å². The predicted octanol–water partition coefficient (Wildman–Crippen LogP) is 5.05. The number of rotatable bonds is 0. The van der Waals surface area contributed by atoms with Crippen LogP contribution in [0.3, 0.4) is 0 Å². The van der Waals surface area contributed by atoms with Crippen LogP contribution in [0.1, 0.15) is 68.7 Å². The highest BCUT2D eigenvalue weighted by atomic mass is 16.3. The average molecular weight is 266 g/mol. The first-order valence-corrected chi connectivity index (χ1v) is 7.64. The lowest BCUT2D eigenvalue weighted by molar-refractivity contribution is -0.0284. The average Bonchev–Trinajstić information content (AvgIpc) is 2.11. The van der Waals surface area contributed by atoms with Crippen molar-refractivity contribution in [3.63, 3.8) is 0 Å². The van der Waals surface area contributed by atoms with Crippen molar-refractivity contribution >= 4 is 0 Å². The SMILES string of the molecule is CC(C)(C)C1=CC(C(C)(C)C)C(O)C(C(C)(C)C)C1. The minimum Gasteiger partial charge on any atom is -0.392 e. The molecule has 0 amide bonds. The number of hydrogen-bond donors (Lipinski definition) is 1. The van der Waals surface area contributed by atoms with Crippen molar-refractivity contribution in [2.45, 2.75) is 74.8 Å². The van der Waals surface area contributed by atoms with Gasteiger partial charge in [0.05, 0.1) is 6.10 Å². The van der Waals surface area contributed by atoms with Crippen LogP contribution < -0.4 is 0 Å². The summed E-state index contributed by atoms with van der Waals surface area (Å²) in [6, 6.07) is 0. The fraction of sp³-hybridized carbons (Fsp3) is 0.889. The van der Waals surface area contributed by atoms with Crippen LogP contribution in [-0.4, -0.2) is 11.2 Å². The van der Waals surface area contributed by atoms with Gasteiger partial charge in [0.25, 0.3) is 0 Å². The molecule has 0 fully saturated rings. The molecule has 0 aromatic carbocycles.